The number of rotatable bonds is 2. The summed E-state index contributed by atoms with van der Waals surface area (Å²) in [4.78, 5) is 0. The Hall–Kier alpha value is 0.260. The summed E-state index contributed by atoms with van der Waals surface area (Å²) in [5.74, 6) is 0.533. The van der Waals surface area contributed by atoms with Gasteiger partial charge in [0, 0.05) is 10.3 Å². The van der Waals surface area contributed by atoms with Gasteiger partial charge < -0.3 is 0 Å². The molecule has 14 heavy (non-hydrogen) atoms. The molecule has 0 N–H and O–H groups in total. The van der Waals surface area contributed by atoms with E-state index in [-0.39, 0.29) is 6.42 Å². The molecule has 0 spiro atoms. The number of hydrogen-bond acceptors (Lipinski definition) is 0. The number of alkyl halides is 4. The van der Waals surface area contributed by atoms with E-state index in [1.165, 1.54) is 0 Å². The summed E-state index contributed by atoms with van der Waals surface area (Å²) >= 11 is 2.29. The summed E-state index contributed by atoms with van der Waals surface area (Å²) in [6.45, 7) is 2.10. The number of halogens is 4. The lowest BCUT2D eigenvalue weighted by atomic mass is 9.88. The van der Waals surface area contributed by atoms with Gasteiger partial charge in [-0.15, -0.1) is 0 Å². The van der Waals surface area contributed by atoms with Gasteiger partial charge in [0.25, 0.3) is 0 Å². The largest absolute Gasteiger partial charge is 0.389 e. The maximum atomic E-state index is 12.0. The van der Waals surface area contributed by atoms with Gasteiger partial charge in [0.05, 0.1) is 0 Å². The van der Waals surface area contributed by atoms with Gasteiger partial charge in [-0.3, -0.25) is 0 Å². The van der Waals surface area contributed by atoms with Gasteiger partial charge in [0.2, 0.25) is 0 Å². The van der Waals surface area contributed by atoms with E-state index in [1.54, 1.807) is 0 Å². The zero-order valence-electron chi connectivity index (χ0n) is 8.07. The fraction of sp³-hybridized carbons (Fsp3) is 0.800. The van der Waals surface area contributed by atoms with Gasteiger partial charge in [-0.2, -0.15) is 13.2 Å². The molecule has 0 aromatic rings. The summed E-state index contributed by atoms with van der Waals surface area (Å²) in [6.07, 6.45) is -0.553. The lowest BCUT2D eigenvalue weighted by Crippen LogP contribution is -2.14. The predicted molar refractivity (Wildman–Crippen MR) is 59.6 cm³/mol. The van der Waals surface area contributed by atoms with Gasteiger partial charge in [-0.05, 0) is 25.2 Å². The first kappa shape index (κ1) is 12.3. The third kappa shape index (κ3) is 4.66. The summed E-state index contributed by atoms with van der Waals surface area (Å²) in [6, 6.07) is 0. The zero-order chi connectivity index (χ0) is 10.8. The van der Waals surface area contributed by atoms with E-state index in [9.17, 15) is 13.2 Å². The van der Waals surface area contributed by atoms with Crippen molar-refractivity contribution < 1.29 is 13.2 Å². The van der Waals surface area contributed by atoms with Crippen LogP contribution in [-0.4, -0.2) is 10.1 Å². The highest BCUT2D eigenvalue weighted by Gasteiger charge is 2.28. The van der Waals surface area contributed by atoms with Crippen molar-refractivity contribution in [2.45, 2.75) is 42.7 Å². The Morgan fingerprint density at radius 2 is 2.14 bits per heavy atom. The predicted octanol–water partition coefficient (Wildman–Crippen LogP) is 4.49. The lowest BCUT2D eigenvalue weighted by molar-refractivity contribution is -0.134. The molecule has 2 unspecified atom stereocenters. The Morgan fingerprint density at radius 1 is 1.50 bits per heavy atom. The summed E-state index contributed by atoms with van der Waals surface area (Å²) < 4.78 is 36.3. The van der Waals surface area contributed by atoms with E-state index in [1.807, 2.05) is 6.08 Å². The van der Waals surface area contributed by atoms with E-state index in [0.717, 1.165) is 18.4 Å². The van der Waals surface area contributed by atoms with E-state index in [4.69, 9.17) is 0 Å². The van der Waals surface area contributed by atoms with Crippen LogP contribution in [0.2, 0.25) is 0 Å². The molecule has 1 rings (SSSR count). The second-order valence-corrected chi connectivity index (χ2v) is 5.60. The van der Waals surface area contributed by atoms with E-state index in [0.29, 0.717) is 9.84 Å². The second-order valence-electron chi connectivity index (χ2n) is 4.00. The van der Waals surface area contributed by atoms with Crippen LogP contribution in [0.1, 0.15) is 32.6 Å². The Bertz CT molecular complexity index is 220. The normalized spacial score (nSPS) is 28.8. The molecule has 0 radical (unpaired) electrons. The molecule has 0 saturated heterocycles. The van der Waals surface area contributed by atoms with Gasteiger partial charge in [-0.1, -0.05) is 41.2 Å². The summed E-state index contributed by atoms with van der Waals surface area (Å²) in [5.41, 5.74) is 0.987. The van der Waals surface area contributed by atoms with Crippen molar-refractivity contribution in [1.82, 2.24) is 0 Å². The Balaban J connectivity index is 2.44. The summed E-state index contributed by atoms with van der Waals surface area (Å²) in [5, 5.41) is 0. The first-order chi connectivity index (χ1) is 6.37. The molecule has 0 nitrogen and oxygen atoms in total. The van der Waals surface area contributed by atoms with E-state index in [2.05, 4.69) is 29.5 Å². The molecule has 0 aliphatic heterocycles. The lowest BCUT2D eigenvalue weighted by Gasteiger charge is -2.23. The number of allylic oxidation sites excluding steroid dienone is 2. The minimum atomic E-state index is -4.01. The third-order valence-electron chi connectivity index (χ3n) is 2.38. The smallest absolute Gasteiger partial charge is 0.171 e. The molecule has 0 amide bonds. The van der Waals surface area contributed by atoms with Crippen LogP contribution in [0.4, 0.5) is 13.2 Å². The molecule has 0 aromatic carbocycles. The highest BCUT2D eigenvalue weighted by Crippen LogP contribution is 2.33. The molecule has 0 saturated carbocycles. The van der Waals surface area contributed by atoms with Crippen molar-refractivity contribution in [3.8, 4) is 0 Å². The van der Waals surface area contributed by atoms with Crippen LogP contribution >= 0.6 is 22.6 Å². The Morgan fingerprint density at radius 3 is 2.64 bits per heavy atom. The van der Waals surface area contributed by atoms with Gasteiger partial charge in [-0.25, -0.2) is 0 Å². The van der Waals surface area contributed by atoms with Gasteiger partial charge in [0.15, 0.2) is 0 Å². The fourth-order valence-electron chi connectivity index (χ4n) is 1.79. The van der Waals surface area contributed by atoms with Crippen LogP contribution < -0.4 is 0 Å². The monoisotopic (exact) mass is 318 g/mol. The molecule has 2 atom stereocenters. The molecule has 1 aliphatic rings. The SMILES string of the molecule is CC1CC(CCC(F)(F)F)=CC(I)C1. The maximum Gasteiger partial charge on any atom is 0.389 e. The van der Waals surface area contributed by atoms with Crippen LogP contribution in [0.15, 0.2) is 11.6 Å². The van der Waals surface area contributed by atoms with Gasteiger partial charge >= 0.3 is 6.18 Å². The maximum absolute atomic E-state index is 12.0. The van der Waals surface area contributed by atoms with Crippen molar-refractivity contribution in [1.29, 1.82) is 0 Å². The molecule has 0 heterocycles. The Labute approximate surface area is 96.1 Å². The summed E-state index contributed by atoms with van der Waals surface area (Å²) in [7, 11) is 0. The average Bonchev–Trinajstić information content (AvgIpc) is 1.97. The van der Waals surface area contributed by atoms with Gasteiger partial charge in [0.1, 0.15) is 0 Å². The van der Waals surface area contributed by atoms with Crippen LogP contribution in [0.25, 0.3) is 0 Å². The minimum Gasteiger partial charge on any atom is -0.171 e. The van der Waals surface area contributed by atoms with Crippen molar-refractivity contribution in [2.24, 2.45) is 5.92 Å². The molecule has 0 aromatic heterocycles. The van der Waals surface area contributed by atoms with Crippen LogP contribution in [0, 0.1) is 5.92 Å². The highest BCUT2D eigenvalue weighted by atomic mass is 127. The van der Waals surface area contributed by atoms with Crippen molar-refractivity contribution in [3.63, 3.8) is 0 Å². The van der Waals surface area contributed by atoms with Crippen molar-refractivity contribution in [2.75, 3.05) is 0 Å². The average molecular weight is 318 g/mol. The highest BCUT2D eigenvalue weighted by molar-refractivity contribution is 14.1. The van der Waals surface area contributed by atoms with E-state index < -0.39 is 12.6 Å². The Kier molecular flexibility index (Phi) is 4.28. The van der Waals surface area contributed by atoms with E-state index >= 15 is 0 Å². The fourth-order valence-corrected chi connectivity index (χ4v) is 3.17. The molecule has 82 valence electrons. The standard InChI is InChI=1S/C10H14F3I/c1-7-4-8(6-9(14)5-7)2-3-10(11,12)13/h6-7,9H,2-5H2,1H3. The molecular weight excluding hydrogens is 304 g/mol. The quantitative estimate of drug-likeness (QED) is 0.400. The first-order valence-electron chi connectivity index (χ1n) is 4.77. The zero-order valence-corrected chi connectivity index (χ0v) is 10.2. The molecule has 4 heteroatoms. The van der Waals surface area contributed by atoms with Crippen LogP contribution in [0.3, 0.4) is 0 Å². The third-order valence-corrected chi connectivity index (χ3v) is 3.25. The molecule has 0 bridgehead atoms. The van der Waals surface area contributed by atoms with Crippen LogP contribution in [-0.2, 0) is 0 Å². The molecule has 1 aliphatic carbocycles. The van der Waals surface area contributed by atoms with Crippen LogP contribution in [0.5, 0.6) is 0 Å². The second kappa shape index (κ2) is 4.86. The van der Waals surface area contributed by atoms with Crippen molar-refractivity contribution in [3.05, 3.63) is 11.6 Å². The first-order valence-corrected chi connectivity index (χ1v) is 6.02. The number of hydrogen-bond donors (Lipinski definition) is 0. The topological polar surface area (TPSA) is 0 Å². The minimum absolute atomic E-state index is 0.188. The molecule has 0 fully saturated rings. The van der Waals surface area contributed by atoms with Crippen molar-refractivity contribution >= 4 is 22.6 Å². The molecular formula is C10H14F3I.